The second-order valence-electron chi connectivity index (χ2n) is 7.45. The topological polar surface area (TPSA) is 57.7 Å². The van der Waals surface area contributed by atoms with E-state index in [1.54, 1.807) is 12.1 Å². The van der Waals surface area contributed by atoms with Crippen molar-refractivity contribution in [1.82, 2.24) is 9.21 Å². The summed E-state index contributed by atoms with van der Waals surface area (Å²) in [6.45, 7) is 6.75. The summed E-state index contributed by atoms with van der Waals surface area (Å²) in [7, 11) is -3.51. The molecule has 25 heavy (non-hydrogen) atoms. The van der Waals surface area contributed by atoms with E-state index in [0.29, 0.717) is 29.1 Å². The molecule has 1 aromatic rings. The van der Waals surface area contributed by atoms with Crippen LogP contribution >= 0.6 is 27.3 Å². The lowest BCUT2D eigenvalue weighted by atomic mass is 9.90. The summed E-state index contributed by atoms with van der Waals surface area (Å²) < 4.78 is 28.3. The van der Waals surface area contributed by atoms with Gasteiger partial charge in [0.25, 0.3) is 10.0 Å². The van der Waals surface area contributed by atoms with Crippen molar-refractivity contribution in [3.63, 3.8) is 0 Å². The third-order valence-electron chi connectivity index (χ3n) is 5.06. The van der Waals surface area contributed by atoms with Crippen LogP contribution in [0.15, 0.2) is 20.1 Å². The number of rotatable bonds is 3. The molecule has 0 bridgehead atoms. The summed E-state index contributed by atoms with van der Waals surface area (Å²) in [5.74, 6) is 0.939. The summed E-state index contributed by atoms with van der Waals surface area (Å²) in [5, 5.41) is 0. The standard InChI is InChI=1S/C17H25BrN2O3S2/c1-12-8-13(2)10-19(9-12)17(21)14-4-3-7-20(11-14)25(22,23)16-6-5-15(18)24-16/h5-6,12-14H,3-4,7-11H2,1-2H3/t12-,13-,14+/m1/s1. The maximum atomic E-state index is 13.0. The van der Waals surface area contributed by atoms with Crippen LogP contribution in [0.25, 0.3) is 0 Å². The van der Waals surface area contributed by atoms with Crippen molar-refractivity contribution >= 4 is 43.2 Å². The molecule has 0 N–H and O–H groups in total. The van der Waals surface area contributed by atoms with Gasteiger partial charge in [0.1, 0.15) is 4.21 Å². The van der Waals surface area contributed by atoms with E-state index in [1.165, 1.54) is 15.6 Å². The highest BCUT2D eigenvalue weighted by molar-refractivity contribution is 9.11. The number of halogens is 1. The first-order valence-corrected chi connectivity index (χ1v) is 11.9. The van der Waals surface area contributed by atoms with Crippen LogP contribution in [0, 0.1) is 17.8 Å². The van der Waals surface area contributed by atoms with E-state index in [9.17, 15) is 13.2 Å². The Morgan fingerprint density at radius 3 is 2.48 bits per heavy atom. The number of hydrogen-bond donors (Lipinski definition) is 0. The van der Waals surface area contributed by atoms with E-state index in [0.717, 1.165) is 36.1 Å². The number of amides is 1. The smallest absolute Gasteiger partial charge is 0.252 e. The first kappa shape index (κ1) is 19.3. The molecule has 8 heteroatoms. The van der Waals surface area contributed by atoms with Gasteiger partial charge in [-0.15, -0.1) is 11.3 Å². The highest BCUT2D eigenvalue weighted by Crippen LogP contribution is 2.32. The van der Waals surface area contributed by atoms with Crippen molar-refractivity contribution in [2.45, 2.75) is 37.3 Å². The third kappa shape index (κ3) is 4.28. The SMILES string of the molecule is C[C@@H]1C[C@@H](C)CN(C(=O)[C@H]2CCCN(S(=O)(=O)c3ccc(Br)s3)C2)C1. The molecule has 2 aliphatic rings. The average Bonchev–Trinajstić information content (AvgIpc) is 3.00. The van der Waals surface area contributed by atoms with E-state index in [1.807, 2.05) is 4.90 Å². The van der Waals surface area contributed by atoms with E-state index in [-0.39, 0.29) is 11.8 Å². The molecule has 2 fully saturated rings. The van der Waals surface area contributed by atoms with Crippen LogP contribution in [-0.2, 0) is 14.8 Å². The Morgan fingerprint density at radius 1 is 1.20 bits per heavy atom. The number of thiophene rings is 1. The molecule has 2 aliphatic heterocycles. The first-order valence-electron chi connectivity index (χ1n) is 8.81. The molecule has 3 heterocycles. The first-order chi connectivity index (χ1) is 11.8. The summed E-state index contributed by atoms with van der Waals surface area (Å²) >= 11 is 4.54. The fourth-order valence-corrected chi connectivity index (χ4v) is 7.72. The maximum absolute atomic E-state index is 13.0. The van der Waals surface area contributed by atoms with Gasteiger partial charge in [-0.2, -0.15) is 4.31 Å². The summed E-state index contributed by atoms with van der Waals surface area (Å²) in [6.07, 6.45) is 2.67. The van der Waals surface area contributed by atoms with Gasteiger partial charge < -0.3 is 4.90 Å². The Labute approximate surface area is 162 Å². The Bertz CT molecular complexity index is 724. The molecule has 0 spiro atoms. The van der Waals surface area contributed by atoms with Gasteiger partial charge >= 0.3 is 0 Å². The lowest BCUT2D eigenvalue weighted by Gasteiger charge is -2.39. The monoisotopic (exact) mass is 448 g/mol. The van der Waals surface area contributed by atoms with Crippen molar-refractivity contribution in [2.24, 2.45) is 17.8 Å². The Kier molecular flexibility index (Phi) is 5.92. The summed E-state index contributed by atoms with van der Waals surface area (Å²) in [5.41, 5.74) is 0. The Hall–Kier alpha value is -0.440. The van der Waals surface area contributed by atoms with Crippen LogP contribution in [0.2, 0.25) is 0 Å². The fourth-order valence-electron chi connectivity index (χ4n) is 4.03. The van der Waals surface area contributed by atoms with Gasteiger partial charge in [0.15, 0.2) is 0 Å². The van der Waals surface area contributed by atoms with Gasteiger partial charge in [-0.3, -0.25) is 4.79 Å². The van der Waals surface area contributed by atoms with Crippen molar-refractivity contribution in [1.29, 1.82) is 0 Å². The quantitative estimate of drug-likeness (QED) is 0.711. The second-order valence-corrected chi connectivity index (χ2v) is 12.1. The maximum Gasteiger partial charge on any atom is 0.252 e. The van der Waals surface area contributed by atoms with Gasteiger partial charge in [0, 0.05) is 26.2 Å². The van der Waals surface area contributed by atoms with E-state index >= 15 is 0 Å². The molecular weight excluding hydrogens is 424 g/mol. The molecule has 0 aromatic carbocycles. The van der Waals surface area contributed by atoms with Gasteiger partial charge in [-0.05, 0) is 59.2 Å². The molecule has 0 saturated carbocycles. The molecule has 2 saturated heterocycles. The molecule has 5 nitrogen and oxygen atoms in total. The number of sulfonamides is 1. The van der Waals surface area contributed by atoms with Gasteiger partial charge in [-0.25, -0.2) is 8.42 Å². The zero-order valence-corrected chi connectivity index (χ0v) is 17.9. The molecule has 1 aromatic heterocycles. The molecule has 3 rings (SSSR count). The predicted octanol–water partition coefficient (Wildman–Crippen LogP) is 3.42. The number of nitrogens with zero attached hydrogens (tertiary/aromatic N) is 2. The molecular formula is C17H25BrN2O3S2. The molecule has 0 radical (unpaired) electrons. The molecule has 1 amide bonds. The molecule has 3 atom stereocenters. The Morgan fingerprint density at radius 2 is 1.88 bits per heavy atom. The second kappa shape index (κ2) is 7.66. The highest BCUT2D eigenvalue weighted by Gasteiger charge is 2.37. The summed E-state index contributed by atoms with van der Waals surface area (Å²) in [4.78, 5) is 14.9. The van der Waals surface area contributed by atoms with Crippen LogP contribution < -0.4 is 0 Å². The van der Waals surface area contributed by atoms with Crippen LogP contribution in [0.1, 0.15) is 33.1 Å². The van der Waals surface area contributed by atoms with Crippen molar-refractivity contribution < 1.29 is 13.2 Å². The minimum Gasteiger partial charge on any atom is -0.342 e. The lowest BCUT2D eigenvalue weighted by molar-refractivity contribution is -0.139. The lowest BCUT2D eigenvalue weighted by Crippen LogP contribution is -2.50. The number of piperidine rings is 2. The number of carbonyl (C=O) groups excluding carboxylic acids is 1. The number of hydrogen-bond acceptors (Lipinski definition) is 4. The average molecular weight is 449 g/mol. The van der Waals surface area contributed by atoms with E-state index in [4.69, 9.17) is 0 Å². The van der Waals surface area contributed by atoms with E-state index in [2.05, 4.69) is 29.8 Å². The fraction of sp³-hybridized carbons (Fsp3) is 0.706. The minimum absolute atomic E-state index is 0.130. The minimum atomic E-state index is -3.51. The summed E-state index contributed by atoms with van der Waals surface area (Å²) in [6, 6.07) is 3.38. The van der Waals surface area contributed by atoms with E-state index < -0.39 is 10.0 Å². The van der Waals surface area contributed by atoms with Crippen LogP contribution in [0.3, 0.4) is 0 Å². The number of likely N-dealkylation sites (tertiary alicyclic amines) is 1. The predicted molar refractivity (Wildman–Crippen MR) is 103 cm³/mol. The molecule has 0 unspecified atom stereocenters. The molecule has 0 aliphatic carbocycles. The normalized spacial score (nSPS) is 28.9. The van der Waals surface area contributed by atoms with Gasteiger partial charge in [0.05, 0.1) is 9.70 Å². The van der Waals surface area contributed by atoms with Crippen LogP contribution in [-0.4, -0.2) is 49.7 Å². The number of carbonyl (C=O) groups is 1. The van der Waals surface area contributed by atoms with Crippen molar-refractivity contribution in [3.05, 3.63) is 15.9 Å². The van der Waals surface area contributed by atoms with Crippen molar-refractivity contribution in [3.8, 4) is 0 Å². The Balaban J connectivity index is 1.71. The zero-order valence-electron chi connectivity index (χ0n) is 14.7. The van der Waals surface area contributed by atoms with Crippen molar-refractivity contribution in [2.75, 3.05) is 26.2 Å². The third-order valence-corrected chi connectivity index (χ3v) is 9.01. The van der Waals surface area contributed by atoms with Crippen LogP contribution in [0.4, 0.5) is 0 Å². The molecule has 140 valence electrons. The highest BCUT2D eigenvalue weighted by atomic mass is 79.9. The van der Waals surface area contributed by atoms with Gasteiger partial charge in [0.2, 0.25) is 5.91 Å². The van der Waals surface area contributed by atoms with Gasteiger partial charge in [-0.1, -0.05) is 13.8 Å². The van der Waals surface area contributed by atoms with Crippen LogP contribution in [0.5, 0.6) is 0 Å². The largest absolute Gasteiger partial charge is 0.342 e. The zero-order chi connectivity index (χ0) is 18.2.